The minimum atomic E-state index is -3.24. The number of aromatic nitrogens is 2. The van der Waals surface area contributed by atoms with E-state index in [0.29, 0.717) is 19.5 Å². The minimum absolute atomic E-state index is 0.0153. The summed E-state index contributed by atoms with van der Waals surface area (Å²) < 4.78 is 27.0. The zero-order valence-corrected chi connectivity index (χ0v) is 14.8. The Morgan fingerprint density at radius 1 is 1.26 bits per heavy atom. The quantitative estimate of drug-likeness (QED) is 0.813. The van der Waals surface area contributed by atoms with Gasteiger partial charge in [0.25, 0.3) is 0 Å². The van der Waals surface area contributed by atoms with E-state index in [4.69, 9.17) is 0 Å². The van der Waals surface area contributed by atoms with Gasteiger partial charge in [0.15, 0.2) is 0 Å². The summed E-state index contributed by atoms with van der Waals surface area (Å²) in [6, 6.07) is 0.0153. The Morgan fingerprint density at radius 2 is 2.00 bits per heavy atom. The molecule has 3 heterocycles. The van der Waals surface area contributed by atoms with Crippen molar-refractivity contribution in [2.75, 3.05) is 25.4 Å². The summed E-state index contributed by atoms with van der Waals surface area (Å²) in [4.78, 5) is 14.5. The van der Waals surface area contributed by atoms with Crippen LogP contribution in [0, 0.1) is 13.8 Å². The summed E-state index contributed by atoms with van der Waals surface area (Å²) in [6.07, 6.45) is 2.46. The molecule has 128 valence electrons. The fourth-order valence-electron chi connectivity index (χ4n) is 3.75. The van der Waals surface area contributed by atoms with Gasteiger partial charge in [0.2, 0.25) is 15.9 Å². The van der Waals surface area contributed by atoms with Gasteiger partial charge in [0, 0.05) is 31.4 Å². The van der Waals surface area contributed by atoms with Crippen LogP contribution < -0.4 is 0 Å². The third-order valence-corrected chi connectivity index (χ3v) is 6.89. The Hall–Kier alpha value is -1.41. The number of aryl methyl sites for hydroxylation is 2. The first-order valence-corrected chi connectivity index (χ1v) is 9.69. The maximum absolute atomic E-state index is 12.7. The molecule has 0 unspecified atom stereocenters. The standard InChI is InChI=1S/C15H24N4O3S/c1-11-15(12(2)17(3)16-11)13-6-4-8-19(13)14(20)10-18-7-5-9-23(18,21)22/h13H,4-10H2,1-3H3/t13-/m1/s1. The summed E-state index contributed by atoms with van der Waals surface area (Å²) in [5, 5.41) is 4.45. The number of amides is 1. The molecule has 0 saturated carbocycles. The lowest BCUT2D eigenvalue weighted by Crippen LogP contribution is -2.40. The van der Waals surface area contributed by atoms with Crippen molar-refractivity contribution in [2.45, 2.75) is 39.2 Å². The van der Waals surface area contributed by atoms with Gasteiger partial charge in [0.1, 0.15) is 0 Å². The molecule has 0 bridgehead atoms. The van der Waals surface area contributed by atoms with E-state index in [1.54, 1.807) is 0 Å². The molecule has 1 atom stereocenters. The molecule has 1 aromatic heterocycles. The molecule has 0 spiro atoms. The van der Waals surface area contributed by atoms with Crippen molar-refractivity contribution in [3.05, 3.63) is 17.0 Å². The van der Waals surface area contributed by atoms with Crippen molar-refractivity contribution in [3.8, 4) is 0 Å². The number of nitrogens with zero attached hydrogens (tertiary/aromatic N) is 4. The fraction of sp³-hybridized carbons (Fsp3) is 0.733. The largest absolute Gasteiger partial charge is 0.334 e. The van der Waals surface area contributed by atoms with E-state index in [1.807, 2.05) is 30.5 Å². The number of carbonyl (C=O) groups excluding carboxylic acids is 1. The minimum Gasteiger partial charge on any atom is -0.334 e. The van der Waals surface area contributed by atoms with E-state index in [9.17, 15) is 13.2 Å². The van der Waals surface area contributed by atoms with Crippen molar-refractivity contribution in [2.24, 2.45) is 7.05 Å². The molecule has 0 aromatic carbocycles. The number of rotatable bonds is 3. The smallest absolute Gasteiger partial charge is 0.238 e. The predicted octanol–water partition coefficient (Wildman–Crippen LogP) is 0.736. The Kier molecular flexibility index (Phi) is 4.22. The van der Waals surface area contributed by atoms with Crippen LogP contribution in [0.5, 0.6) is 0 Å². The number of sulfonamides is 1. The van der Waals surface area contributed by atoms with Crippen LogP contribution in [0.15, 0.2) is 0 Å². The molecule has 0 radical (unpaired) electrons. The van der Waals surface area contributed by atoms with Gasteiger partial charge in [-0.3, -0.25) is 9.48 Å². The normalized spacial score (nSPS) is 24.5. The van der Waals surface area contributed by atoms with Crippen molar-refractivity contribution in [1.29, 1.82) is 0 Å². The summed E-state index contributed by atoms with van der Waals surface area (Å²) in [6.45, 7) is 5.09. The number of likely N-dealkylation sites (tertiary alicyclic amines) is 1. The van der Waals surface area contributed by atoms with E-state index >= 15 is 0 Å². The van der Waals surface area contributed by atoms with Crippen molar-refractivity contribution in [1.82, 2.24) is 19.0 Å². The molecule has 2 aliphatic rings. The van der Waals surface area contributed by atoms with Crippen LogP contribution in [0.25, 0.3) is 0 Å². The second-order valence-electron chi connectivity index (χ2n) is 6.46. The van der Waals surface area contributed by atoms with Gasteiger partial charge in [-0.05, 0) is 33.1 Å². The Balaban J connectivity index is 1.80. The Bertz CT molecular complexity index is 725. The molecule has 3 rings (SSSR count). The first-order valence-electron chi connectivity index (χ1n) is 8.08. The van der Waals surface area contributed by atoms with Crippen LogP contribution in [-0.4, -0.2) is 58.7 Å². The first-order chi connectivity index (χ1) is 10.8. The third-order valence-electron chi connectivity index (χ3n) is 4.99. The monoisotopic (exact) mass is 340 g/mol. The van der Waals surface area contributed by atoms with Crippen LogP contribution in [0.3, 0.4) is 0 Å². The van der Waals surface area contributed by atoms with Crippen molar-refractivity contribution >= 4 is 15.9 Å². The summed E-state index contributed by atoms with van der Waals surface area (Å²) in [7, 11) is -1.33. The zero-order chi connectivity index (χ0) is 16.8. The van der Waals surface area contributed by atoms with E-state index in [1.165, 1.54) is 4.31 Å². The van der Waals surface area contributed by atoms with Crippen LogP contribution in [0.2, 0.25) is 0 Å². The van der Waals surface area contributed by atoms with Gasteiger partial charge >= 0.3 is 0 Å². The molecule has 0 aliphatic carbocycles. The molecule has 2 aliphatic heterocycles. The summed E-state index contributed by atoms with van der Waals surface area (Å²) in [5.41, 5.74) is 3.13. The van der Waals surface area contributed by atoms with Gasteiger partial charge in [0.05, 0.1) is 24.0 Å². The third kappa shape index (κ3) is 2.89. The molecule has 0 N–H and O–H groups in total. The van der Waals surface area contributed by atoms with Crippen LogP contribution in [-0.2, 0) is 21.9 Å². The molecular weight excluding hydrogens is 316 g/mol. The Morgan fingerprint density at radius 3 is 2.57 bits per heavy atom. The lowest BCUT2D eigenvalue weighted by Gasteiger charge is -2.27. The van der Waals surface area contributed by atoms with Crippen LogP contribution in [0.1, 0.15) is 42.3 Å². The Labute approximate surface area is 137 Å². The SMILES string of the molecule is Cc1nn(C)c(C)c1[C@H]1CCCN1C(=O)CN1CCCS1(=O)=O. The average Bonchev–Trinajstić information content (AvgIpc) is 3.11. The molecule has 1 aromatic rings. The van der Waals surface area contributed by atoms with Crippen LogP contribution >= 0.6 is 0 Å². The van der Waals surface area contributed by atoms with Gasteiger partial charge in [-0.1, -0.05) is 0 Å². The predicted molar refractivity (Wildman–Crippen MR) is 86.3 cm³/mol. The average molecular weight is 340 g/mol. The van der Waals surface area contributed by atoms with Crippen molar-refractivity contribution in [3.63, 3.8) is 0 Å². The summed E-state index contributed by atoms with van der Waals surface area (Å²) in [5.74, 6) is 0.0606. The highest BCUT2D eigenvalue weighted by Crippen LogP contribution is 2.35. The topological polar surface area (TPSA) is 75.5 Å². The molecule has 23 heavy (non-hydrogen) atoms. The highest BCUT2D eigenvalue weighted by Gasteiger charge is 2.36. The molecule has 8 heteroatoms. The molecule has 1 amide bonds. The number of hydrogen-bond donors (Lipinski definition) is 0. The fourth-order valence-corrected chi connectivity index (χ4v) is 5.21. The van der Waals surface area contributed by atoms with Gasteiger partial charge < -0.3 is 4.90 Å². The molecule has 2 fully saturated rings. The second kappa shape index (κ2) is 5.90. The highest BCUT2D eigenvalue weighted by molar-refractivity contribution is 7.89. The molecular formula is C15H24N4O3S. The summed E-state index contributed by atoms with van der Waals surface area (Å²) >= 11 is 0. The van der Waals surface area contributed by atoms with Crippen molar-refractivity contribution < 1.29 is 13.2 Å². The van der Waals surface area contributed by atoms with Gasteiger partial charge in [-0.25, -0.2) is 8.42 Å². The zero-order valence-electron chi connectivity index (χ0n) is 13.9. The maximum atomic E-state index is 12.7. The number of carbonyl (C=O) groups is 1. The molecule has 7 nitrogen and oxygen atoms in total. The lowest BCUT2D eigenvalue weighted by molar-refractivity contribution is -0.132. The van der Waals surface area contributed by atoms with E-state index in [2.05, 4.69) is 5.10 Å². The molecule has 2 saturated heterocycles. The number of hydrogen-bond acceptors (Lipinski definition) is 4. The van der Waals surface area contributed by atoms with E-state index < -0.39 is 10.0 Å². The second-order valence-corrected chi connectivity index (χ2v) is 8.54. The maximum Gasteiger partial charge on any atom is 0.238 e. The van der Waals surface area contributed by atoms with Gasteiger partial charge in [-0.15, -0.1) is 0 Å². The van der Waals surface area contributed by atoms with Gasteiger partial charge in [-0.2, -0.15) is 9.40 Å². The first kappa shape index (κ1) is 16.4. The highest BCUT2D eigenvalue weighted by atomic mass is 32.2. The van der Waals surface area contributed by atoms with E-state index in [-0.39, 0.29) is 24.2 Å². The lowest BCUT2D eigenvalue weighted by atomic mass is 10.0. The van der Waals surface area contributed by atoms with Crippen LogP contribution in [0.4, 0.5) is 0 Å². The van der Waals surface area contributed by atoms with E-state index in [0.717, 1.165) is 29.8 Å².